The molecule has 0 aliphatic carbocycles. The van der Waals surface area contributed by atoms with Crippen molar-refractivity contribution in [2.24, 2.45) is 5.41 Å². The zero-order valence-corrected chi connectivity index (χ0v) is 21.8. The van der Waals surface area contributed by atoms with Crippen LogP contribution in [0.15, 0.2) is 53.2 Å². The van der Waals surface area contributed by atoms with Crippen LogP contribution in [0.25, 0.3) is 11.1 Å². The highest BCUT2D eigenvalue weighted by Crippen LogP contribution is 2.27. The Morgan fingerprint density at radius 1 is 1.06 bits per heavy atom. The van der Waals surface area contributed by atoms with Gasteiger partial charge in [0.2, 0.25) is 0 Å². The topological polar surface area (TPSA) is 30.9 Å². The first-order valence-electron chi connectivity index (χ1n) is 11.6. The Bertz CT molecular complexity index is 899. The lowest BCUT2D eigenvalue weighted by molar-refractivity contribution is -0.219. The van der Waals surface area contributed by atoms with Crippen LogP contribution >= 0.6 is 11.3 Å². The summed E-state index contributed by atoms with van der Waals surface area (Å²) in [5.41, 5.74) is 2.41. The molecule has 0 N–H and O–H groups in total. The van der Waals surface area contributed by atoms with E-state index in [-0.39, 0.29) is 5.41 Å². The van der Waals surface area contributed by atoms with Crippen LogP contribution in [0.4, 0.5) is 0 Å². The van der Waals surface area contributed by atoms with E-state index in [4.69, 9.17) is 14.2 Å². The van der Waals surface area contributed by atoms with Crippen LogP contribution in [0.3, 0.4) is 0 Å². The normalized spacial score (nSPS) is 12.2. The van der Waals surface area contributed by atoms with Crippen molar-refractivity contribution < 1.29 is 14.2 Å². The number of likely N-dealkylation sites (N-methyl/N-ethyl adjacent to an activating group) is 1. The van der Waals surface area contributed by atoms with Gasteiger partial charge in [0.1, 0.15) is 5.75 Å². The summed E-state index contributed by atoms with van der Waals surface area (Å²) in [5.74, 6) is 6.55. The molecule has 5 heteroatoms. The third-order valence-electron chi connectivity index (χ3n) is 5.45. The van der Waals surface area contributed by atoms with Crippen molar-refractivity contribution >= 4 is 11.3 Å². The summed E-state index contributed by atoms with van der Waals surface area (Å²) in [6.07, 6.45) is 5.47. The Morgan fingerprint density at radius 2 is 1.85 bits per heavy atom. The molecule has 1 heterocycles. The van der Waals surface area contributed by atoms with Crippen LogP contribution in [0.5, 0.6) is 5.75 Å². The first kappa shape index (κ1) is 27.1. The number of methoxy groups -OCH3 is 2. The average molecular weight is 470 g/mol. The Labute approximate surface area is 204 Å². The van der Waals surface area contributed by atoms with Gasteiger partial charge in [-0.1, -0.05) is 37.0 Å². The number of benzene rings is 1. The van der Waals surface area contributed by atoms with Gasteiger partial charge in [-0.3, -0.25) is 4.90 Å². The SMILES string of the molecule is CCN(CC=CC#CC(C)(C)C)CCC(CCOc1cccc(-c2ccsc2)c1)(OC)OC. The van der Waals surface area contributed by atoms with Gasteiger partial charge in [-0.2, -0.15) is 11.3 Å². The lowest BCUT2D eigenvalue weighted by Gasteiger charge is -2.33. The molecule has 4 nitrogen and oxygen atoms in total. The Hall–Kier alpha value is -2.10. The zero-order valence-electron chi connectivity index (χ0n) is 21.0. The maximum Gasteiger partial charge on any atom is 0.171 e. The number of rotatable bonds is 13. The molecular formula is C28H39NO3S. The fourth-order valence-electron chi connectivity index (χ4n) is 3.36. The number of allylic oxidation sites excluding steroid dienone is 1. The van der Waals surface area contributed by atoms with Crippen LogP contribution in [0.1, 0.15) is 40.5 Å². The lowest BCUT2D eigenvalue weighted by Crippen LogP contribution is -2.40. The quantitative estimate of drug-likeness (QED) is 0.248. The predicted octanol–water partition coefficient (Wildman–Crippen LogP) is 6.49. The predicted molar refractivity (Wildman–Crippen MR) is 140 cm³/mol. The molecule has 0 fully saturated rings. The van der Waals surface area contributed by atoms with Crippen molar-refractivity contribution in [2.45, 2.75) is 46.3 Å². The minimum atomic E-state index is -0.672. The van der Waals surface area contributed by atoms with Crippen LogP contribution in [0, 0.1) is 17.3 Å². The summed E-state index contributed by atoms with van der Waals surface area (Å²) >= 11 is 1.70. The van der Waals surface area contributed by atoms with Gasteiger partial charge in [0.15, 0.2) is 5.79 Å². The summed E-state index contributed by atoms with van der Waals surface area (Å²) < 4.78 is 17.7. The molecule has 1 aromatic carbocycles. The molecule has 2 aromatic rings. The monoisotopic (exact) mass is 469 g/mol. The van der Waals surface area contributed by atoms with Gasteiger partial charge in [-0.25, -0.2) is 0 Å². The van der Waals surface area contributed by atoms with Crippen LogP contribution < -0.4 is 4.74 Å². The van der Waals surface area contributed by atoms with E-state index < -0.39 is 5.79 Å². The van der Waals surface area contributed by atoms with E-state index in [0.29, 0.717) is 13.0 Å². The number of thiophene rings is 1. The molecule has 33 heavy (non-hydrogen) atoms. The highest BCUT2D eigenvalue weighted by molar-refractivity contribution is 7.08. The van der Waals surface area contributed by atoms with Crippen molar-refractivity contribution in [2.75, 3.05) is 40.5 Å². The smallest absolute Gasteiger partial charge is 0.171 e. The van der Waals surface area contributed by atoms with Gasteiger partial charge in [-0.15, -0.1) is 0 Å². The minimum Gasteiger partial charge on any atom is -0.493 e. The van der Waals surface area contributed by atoms with E-state index in [1.165, 1.54) is 5.56 Å². The molecule has 2 rings (SSSR count). The molecule has 0 saturated carbocycles. The number of ether oxygens (including phenoxy) is 3. The van der Waals surface area contributed by atoms with E-state index in [1.54, 1.807) is 25.6 Å². The van der Waals surface area contributed by atoms with Crippen molar-refractivity contribution in [1.29, 1.82) is 0 Å². The summed E-state index contributed by atoms with van der Waals surface area (Å²) in [6.45, 7) is 11.7. The summed E-state index contributed by atoms with van der Waals surface area (Å²) in [6, 6.07) is 10.3. The van der Waals surface area contributed by atoms with Crippen molar-refractivity contribution in [3.05, 3.63) is 53.2 Å². The maximum absolute atomic E-state index is 6.06. The van der Waals surface area contributed by atoms with E-state index >= 15 is 0 Å². The summed E-state index contributed by atoms with van der Waals surface area (Å²) in [5, 5.41) is 4.23. The van der Waals surface area contributed by atoms with Crippen LogP contribution in [0.2, 0.25) is 0 Å². The van der Waals surface area contributed by atoms with E-state index in [2.05, 4.69) is 79.5 Å². The van der Waals surface area contributed by atoms with Crippen molar-refractivity contribution in [3.63, 3.8) is 0 Å². The third-order valence-corrected chi connectivity index (χ3v) is 6.14. The van der Waals surface area contributed by atoms with Crippen LogP contribution in [-0.2, 0) is 9.47 Å². The Morgan fingerprint density at radius 3 is 2.48 bits per heavy atom. The highest BCUT2D eigenvalue weighted by Gasteiger charge is 2.30. The molecule has 0 spiro atoms. The van der Waals surface area contributed by atoms with Gasteiger partial charge in [0.05, 0.1) is 6.61 Å². The molecule has 0 aliphatic heterocycles. The second-order valence-electron chi connectivity index (χ2n) is 9.02. The summed E-state index contributed by atoms with van der Waals surface area (Å²) in [4.78, 5) is 2.35. The molecule has 1 aromatic heterocycles. The third kappa shape index (κ3) is 9.73. The molecular weight excluding hydrogens is 430 g/mol. The average Bonchev–Trinajstić information content (AvgIpc) is 3.34. The molecule has 0 bridgehead atoms. The van der Waals surface area contributed by atoms with E-state index in [0.717, 1.165) is 37.4 Å². The highest BCUT2D eigenvalue weighted by atomic mass is 32.1. The molecule has 180 valence electrons. The molecule has 0 amide bonds. The number of hydrogen-bond acceptors (Lipinski definition) is 5. The Balaban J connectivity index is 1.87. The molecule has 0 unspecified atom stereocenters. The van der Waals surface area contributed by atoms with Crippen molar-refractivity contribution in [3.8, 4) is 28.7 Å². The fraction of sp³-hybridized carbons (Fsp3) is 0.500. The van der Waals surface area contributed by atoms with E-state index in [9.17, 15) is 0 Å². The van der Waals surface area contributed by atoms with Gasteiger partial charge >= 0.3 is 0 Å². The van der Waals surface area contributed by atoms with Crippen LogP contribution in [-0.4, -0.2) is 51.1 Å². The minimum absolute atomic E-state index is 0.0264. The largest absolute Gasteiger partial charge is 0.493 e. The standard InChI is InChI=1S/C28H39NO3S/c1-7-29(18-10-8-9-15-27(2,3)4)19-16-28(30-5,31-6)17-20-32-26-13-11-12-24(22-26)25-14-21-33-23-25/h8,10-14,21-23H,7,16-20H2,1-6H3. The second kappa shape index (κ2) is 13.6. The first-order valence-corrected chi connectivity index (χ1v) is 12.5. The fourth-order valence-corrected chi connectivity index (χ4v) is 4.03. The summed E-state index contributed by atoms with van der Waals surface area (Å²) in [7, 11) is 3.41. The van der Waals surface area contributed by atoms with Gasteiger partial charge < -0.3 is 14.2 Å². The maximum atomic E-state index is 6.06. The zero-order chi connectivity index (χ0) is 24.2. The van der Waals surface area contributed by atoms with E-state index in [1.807, 2.05) is 18.2 Å². The molecule has 0 atom stereocenters. The van der Waals surface area contributed by atoms with Crippen molar-refractivity contribution in [1.82, 2.24) is 4.90 Å². The Kier molecular flexibility index (Phi) is 11.2. The van der Waals surface area contributed by atoms with Gasteiger partial charge in [-0.05, 0) is 73.5 Å². The molecule has 0 aliphatic rings. The second-order valence-corrected chi connectivity index (χ2v) is 9.80. The van der Waals surface area contributed by atoms with Gasteiger partial charge in [0, 0.05) is 45.6 Å². The lowest BCUT2D eigenvalue weighted by atomic mass is 9.98. The number of nitrogens with zero attached hydrogens (tertiary/aromatic N) is 1. The first-order chi connectivity index (χ1) is 15.8. The molecule has 0 radical (unpaired) electrons. The van der Waals surface area contributed by atoms with Gasteiger partial charge in [0.25, 0.3) is 0 Å². The molecule has 0 saturated heterocycles. The number of hydrogen-bond donors (Lipinski definition) is 0.